The quantitative estimate of drug-likeness (QED) is 0.699. The number of anilines is 1. The molecule has 4 rings (SSSR count). The number of aromatic nitrogens is 3. The third-order valence-corrected chi connectivity index (χ3v) is 4.89. The summed E-state index contributed by atoms with van der Waals surface area (Å²) in [5.41, 5.74) is 2.24. The van der Waals surface area contributed by atoms with Crippen LogP contribution in [0.5, 0.6) is 0 Å². The zero-order chi connectivity index (χ0) is 19.5. The summed E-state index contributed by atoms with van der Waals surface area (Å²) in [6.07, 6.45) is 3.95. The van der Waals surface area contributed by atoms with Crippen molar-refractivity contribution in [2.75, 3.05) is 24.6 Å². The van der Waals surface area contributed by atoms with Gasteiger partial charge in [0.05, 0.1) is 12.2 Å². The van der Waals surface area contributed by atoms with Crippen LogP contribution in [-0.4, -0.2) is 34.2 Å². The van der Waals surface area contributed by atoms with E-state index >= 15 is 0 Å². The monoisotopic (exact) mass is 380 g/mol. The van der Waals surface area contributed by atoms with E-state index in [4.69, 9.17) is 9.72 Å². The number of ether oxygens (including phenoxy) is 1. The minimum Gasteiger partial charge on any atom is -0.372 e. The van der Waals surface area contributed by atoms with Crippen LogP contribution in [0.25, 0.3) is 11.3 Å². The number of nitrogens with zero attached hydrogens (tertiary/aromatic N) is 4. The second kappa shape index (κ2) is 7.90. The van der Waals surface area contributed by atoms with Gasteiger partial charge in [-0.05, 0) is 36.2 Å². The number of halogens is 1. The molecular weight excluding hydrogens is 359 g/mol. The predicted molar refractivity (Wildman–Crippen MR) is 105 cm³/mol. The molecule has 0 aliphatic carbocycles. The van der Waals surface area contributed by atoms with E-state index in [0.717, 1.165) is 24.1 Å². The topological polar surface area (TPSA) is 60.2 Å². The predicted octanol–water partition coefficient (Wildman–Crippen LogP) is 2.95. The van der Waals surface area contributed by atoms with Crippen molar-refractivity contribution in [1.82, 2.24) is 14.5 Å². The third-order valence-electron chi connectivity index (χ3n) is 4.89. The second-order valence-corrected chi connectivity index (χ2v) is 6.79. The molecule has 144 valence electrons. The van der Waals surface area contributed by atoms with E-state index in [1.54, 1.807) is 36.1 Å². The molecule has 0 bridgehead atoms. The summed E-state index contributed by atoms with van der Waals surface area (Å²) in [5, 5.41) is 0. The smallest absolute Gasteiger partial charge is 0.255 e. The van der Waals surface area contributed by atoms with E-state index in [9.17, 15) is 9.18 Å². The van der Waals surface area contributed by atoms with Crippen molar-refractivity contribution in [2.45, 2.75) is 12.5 Å². The highest BCUT2D eigenvalue weighted by Gasteiger charge is 2.23. The highest BCUT2D eigenvalue weighted by molar-refractivity contribution is 5.59. The summed E-state index contributed by atoms with van der Waals surface area (Å²) in [4.78, 5) is 23.4. The van der Waals surface area contributed by atoms with Gasteiger partial charge >= 0.3 is 0 Å². The highest BCUT2D eigenvalue weighted by Crippen LogP contribution is 2.25. The minimum absolute atomic E-state index is 0.125. The van der Waals surface area contributed by atoms with Gasteiger partial charge in [0.2, 0.25) is 5.95 Å². The Morgan fingerprint density at radius 1 is 1.14 bits per heavy atom. The number of benzene rings is 1. The standard InChI is InChI=1S/C21H21FN4O2/c1-25-20(27)13-18(15-7-9-23-10-8-15)24-21(25)26-11-2-12-28-19(14-26)16-3-5-17(22)6-4-16/h3-10,13,19H,2,11-12,14H2,1H3. The molecule has 1 unspecified atom stereocenters. The first-order chi connectivity index (χ1) is 13.6. The van der Waals surface area contributed by atoms with E-state index in [-0.39, 0.29) is 17.5 Å². The number of hydrogen-bond donors (Lipinski definition) is 0. The van der Waals surface area contributed by atoms with Crippen LogP contribution in [0.1, 0.15) is 18.1 Å². The first-order valence-electron chi connectivity index (χ1n) is 9.22. The van der Waals surface area contributed by atoms with Crippen molar-refractivity contribution in [2.24, 2.45) is 7.05 Å². The Morgan fingerprint density at radius 2 is 1.89 bits per heavy atom. The molecule has 6 nitrogen and oxygen atoms in total. The van der Waals surface area contributed by atoms with E-state index in [1.807, 2.05) is 12.1 Å². The maximum atomic E-state index is 13.3. The Kier molecular flexibility index (Phi) is 5.16. The average Bonchev–Trinajstić information content (AvgIpc) is 2.97. The van der Waals surface area contributed by atoms with Gasteiger partial charge < -0.3 is 9.64 Å². The van der Waals surface area contributed by atoms with Crippen LogP contribution in [0.4, 0.5) is 10.3 Å². The van der Waals surface area contributed by atoms with Gasteiger partial charge in [-0.1, -0.05) is 12.1 Å². The van der Waals surface area contributed by atoms with Crippen molar-refractivity contribution in [3.8, 4) is 11.3 Å². The molecule has 0 amide bonds. The average molecular weight is 380 g/mol. The van der Waals surface area contributed by atoms with E-state index < -0.39 is 0 Å². The molecule has 0 spiro atoms. The van der Waals surface area contributed by atoms with Gasteiger partial charge in [-0.3, -0.25) is 14.3 Å². The summed E-state index contributed by atoms with van der Waals surface area (Å²) >= 11 is 0. The van der Waals surface area contributed by atoms with E-state index in [1.165, 1.54) is 18.2 Å². The van der Waals surface area contributed by atoms with Crippen LogP contribution in [0.15, 0.2) is 59.7 Å². The lowest BCUT2D eigenvalue weighted by molar-refractivity contribution is 0.0685. The molecule has 2 aromatic heterocycles. The maximum absolute atomic E-state index is 13.3. The summed E-state index contributed by atoms with van der Waals surface area (Å²) in [6.45, 7) is 1.85. The molecule has 28 heavy (non-hydrogen) atoms. The molecule has 3 aromatic rings. The molecule has 1 aliphatic rings. The van der Waals surface area contributed by atoms with Crippen molar-refractivity contribution in [3.63, 3.8) is 0 Å². The SMILES string of the molecule is Cn1c(N2CCCOC(c3ccc(F)cc3)C2)nc(-c2ccncc2)cc1=O. The van der Waals surface area contributed by atoms with Gasteiger partial charge in [-0.15, -0.1) is 0 Å². The van der Waals surface area contributed by atoms with Gasteiger partial charge in [-0.2, -0.15) is 0 Å². The van der Waals surface area contributed by atoms with Gasteiger partial charge in [-0.25, -0.2) is 9.37 Å². The molecule has 7 heteroatoms. The molecule has 1 aliphatic heterocycles. The zero-order valence-corrected chi connectivity index (χ0v) is 15.6. The fraction of sp³-hybridized carbons (Fsp3) is 0.286. The summed E-state index contributed by atoms with van der Waals surface area (Å²) in [7, 11) is 1.72. The van der Waals surface area contributed by atoms with Crippen molar-refractivity contribution < 1.29 is 9.13 Å². The maximum Gasteiger partial charge on any atom is 0.255 e. The lowest BCUT2D eigenvalue weighted by atomic mass is 10.1. The Balaban J connectivity index is 1.69. The second-order valence-electron chi connectivity index (χ2n) is 6.79. The van der Waals surface area contributed by atoms with Crippen LogP contribution in [0.3, 0.4) is 0 Å². The molecule has 0 saturated carbocycles. The number of hydrogen-bond acceptors (Lipinski definition) is 5. The van der Waals surface area contributed by atoms with Crippen LogP contribution in [-0.2, 0) is 11.8 Å². The molecular formula is C21H21FN4O2. The van der Waals surface area contributed by atoms with Crippen LogP contribution < -0.4 is 10.5 Å². The molecule has 1 saturated heterocycles. The van der Waals surface area contributed by atoms with Gasteiger partial charge in [0.1, 0.15) is 11.9 Å². The zero-order valence-electron chi connectivity index (χ0n) is 15.6. The molecule has 3 heterocycles. The van der Waals surface area contributed by atoms with E-state index in [0.29, 0.717) is 24.8 Å². The summed E-state index contributed by atoms with van der Waals surface area (Å²) in [5.74, 6) is 0.320. The summed E-state index contributed by atoms with van der Waals surface area (Å²) < 4.78 is 20.8. The normalized spacial score (nSPS) is 17.4. The Morgan fingerprint density at radius 3 is 2.64 bits per heavy atom. The first kappa shape index (κ1) is 18.3. The van der Waals surface area contributed by atoms with Crippen LogP contribution in [0, 0.1) is 5.82 Å². The van der Waals surface area contributed by atoms with Crippen LogP contribution >= 0.6 is 0 Å². The summed E-state index contributed by atoms with van der Waals surface area (Å²) in [6, 6.07) is 11.5. The van der Waals surface area contributed by atoms with Gasteiger partial charge in [0.25, 0.3) is 5.56 Å². The molecule has 0 N–H and O–H groups in total. The lowest BCUT2D eigenvalue weighted by Crippen LogP contribution is -2.34. The number of rotatable bonds is 3. The Labute approximate surface area is 162 Å². The van der Waals surface area contributed by atoms with E-state index in [2.05, 4.69) is 9.88 Å². The largest absolute Gasteiger partial charge is 0.372 e. The molecule has 1 aromatic carbocycles. The minimum atomic E-state index is -0.275. The first-order valence-corrected chi connectivity index (χ1v) is 9.22. The lowest BCUT2D eigenvalue weighted by Gasteiger charge is -2.26. The van der Waals surface area contributed by atoms with Crippen LogP contribution in [0.2, 0.25) is 0 Å². The Hall–Kier alpha value is -3.06. The van der Waals surface area contributed by atoms with Crippen molar-refractivity contribution >= 4 is 5.95 Å². The molecule has 1 atom stereocenters. The van der Waals surface area contributed by atoms with Gasteiger partial charge in [0.15, 0.2) is 0 Å². The Bertz CT molecular complexity index is 1010. The fourth-order valence-electron chi connectivity index (χ4n) is 3.37. The van der Waals surface area contributed by atoms with Gasteiger partial charge in [0, 0.05) is 44.2 Å². The molecule has 0 radical (unpaired) electrons. The highest BCUT2D eigenvalue weighted by atomic mass is 19.1. The number of pyridine rings is 1. The van der Waals surface area contributed by atoms with Crippen molar-refractivity contribution in [1.29, 1.82) is 0 Å². The third kappa shape index (κ3) is 3.80. The molecule has 1 fully saturated rings. The fourth-order valence-corrected chi connectivity index (χ4v) is 3.37. The van der Waals surface area contributed by atoms with Crippen molar-refractivity contribution in [3.05, 3.63) is 76.6 Å².